The summed E-state index contributed by atoms with van der Waals surface area (Å²) in [5.41, 5.74) is 0. The van der Waals surface area contributed by atoms with Gasteiger partial charge in [-0.05, 0) is 0 Å². The normalized spacial score (nSPS) is 24.2. The highest BCUT2D eigenvalue weighted by molar-refractivity contribution is 14.1. The maximum absolute atomic E-state index is 2.60. The van der Waals surface area contributed by atoms with Crippen molar-refractivity contribution in [2.24, 2.45) is 0 Å². The zero-order valence-electron chi connectivity index (χ0n) is 6.78. The average Bonchev–Trinajstić information content (AvgIpc) is 2.00. The van der Waals surface area contributed by atoms with Crippen molar-refractivity contribution in [1.82, 2.24) is 0 Å². The third-order valence-electron chi connectivity index (χ3n) is 1.49. The summed E-state index contributed by atoms with van der Waals surface area (Å²) >= 11 is 12.8. The van der Waals surface area contributed by atoms with Crippen LogP contribution < -0.4 is 0 Å². The summed E-state index contributed by atoms with van der Waals surface area (Å²) in [6.07, 6.45) is 0. The maximum atomic E-state index is 2.60. The molecule has 12 heavy (non-hydrogen) atoms. The molecule has 0 saturated heterocycles. The topological polar surface area (TPSA) is 0 Å². The Kier molecular flexibility index (Phi) is 10.2. The van der Waals surface area contributed by atoms with Crippen LogP contribution in [0.5, 0.6) is 0 Å². The van der Waals surface area contributed by atoms with Gasteiger partial charge < -0.3 is 0 Å². The predicted octanol–water partition coefficient (Wildman–Crippen LogP) is 5.04. The quantitative estimate of drug-likeness (QED) is 0.281. The van der Waals surface area contributed by atoms with Gasteiger partial charge in [-0.3, -0.25) is 0 Å². The Labute approximate surface area is 143 Å². The molecule has 4 atom stereocenters. The highest BCUT2D eigenvalue weighted by atomic mass is 127. The summed E-state index contributed by atoms with van der Waals surface area (Å²) in [5.74, 6) is 0. The van der Waals surface area contributed by atoms with Crippen molar-refractivity contribution in [3.63, 3.8) is 0 Å². The number of halogens is 5. The molecule has 0 N–H and O–H groups in total. The molecule has 4 unspecified atom stereocenters. The van der Waals surface area contributed by atoms with Crippen LogP contribution in [0.1, 0.15) is 13.8 Å². The van der Waals surface area contributed by atoms with Crippen molar-refractivity contribution >= 4 is 113 Å². The van der Waals surface area contributed by atoms with Crippen molar-refractivity contribution < 1.29 is 0 Å². The van der Waals surface area contributed by atoms with Crippen molar-refractivity contribution in [3.05, 3.63) is 0 Å². The SMILES string of the molecule is CC(I)C(I)C(I)C(I)C(C)I. The van der Waals surface area contributed by atoms with E-state index in [0.29, 0.717) is 0 Å². The third kappa shape index (κ3) is 5.66. The fourth-order valence-electron chi connectivity index (χ4n) is 0.682. The molecule has 0 aromatic carbocycles. The molecule has 0 nitrogen and oxygen atoms in total. The molecule has 0 aromatic heterocycles. The molecule has 0 aliphatic rings. The van der Waals surface area contributed by atoms with Crippen LogP contribution in [0.15, 0.2) is 0 Å². The maximum Gasteiger partial charge on any atom is 0.0365 e. The minimum atomic E-state index is 0.762. The molecule has 0 heterocycles. The average molecular weight is 730 g/mol. The number of hydrogen-bond acceptors (Lipinski definition) is 0. The van der Waals surface area contributed by atoms with Crippen LogP contribution in [-0.4, -0.2) is 19.6 Å². The lowest BCUT2D eigenvalue weighted by molar-refractivity contribution is 0.796. The van der Waals surface area contributed by atoms with Gasteiger partial charge in [0.2, 0.25) is 0 Å². The molecule has 0 spiro atoms. The Balaban J connectivity index is 4.08. The van der Waals surface area contributed by atoms with E-state index in [1.165, 1.54) is 0 Å². The van der Waals surface area contributed by atoms with E-state index in [9.17, 15) is 0 Å². The summed E-state index contributed by atoms with van der Waals surface area (Å²) in [4.78, 5) is 0. The molecule has 0 amide bonds. The van der Waals surface area contributed by atoms with Crippen LogP contribution in [-0.2, 0) is 0 Å². The molecule has 0 rings (SSSR count). The fourth-order valence-corrected chi connectivity index (χ4v) is 6.10. The van der Waals surface area contributed by atoms with Gasteiger partial charge in [0.1, 0.15) is 0 Å². The molecule has 0 bridgehead atoms. The first-order valence-corrected chi connectivity index (χ1v) is 9.81. The smallest absolute Gasteiger partial charge is 0.0365 e. The first kappa shape index (κ1) is 15.7. The summed E-state index contributed by atoms with van der Waals surface area (Å²) in [6, 6.07) is 0. The van der Waals surface area contributed by atoms with Crippen LogP contribution in [0.25, 0.3) is 0 Å². The third-order valence-corrected chi connectivity index (χ3v) is 13.8. The van der Waals surface area contributed by atoms with Crippen molar-refractivity contribution in [2.45, 2.75) is 33.5 Å². The van der Waals surface area contributed by atoms with E-state index < -0.39 is 0 Å². The summed E-state index contributed by atoms with van der Waals surface area (Å²) in [6.45, 7) is 4.59. The Hall–Kier alpha value is 3.65. The second-order valence-corrected chi connectivity index (χ2v) is 10.9. The summed E-state index contributed by atoms with van der Waals surface area (Å²) < 4.78 is 3.86. The molecule has 74 valence electrons. The van der Waals surface area contributed by atoms with Crippen LogP contribution in [0.2, 0.25) is 0 Å². The molecular weight excluding hydrogens is 719 g/mol. The van der Waals surface area contributed by atoms with Crippen molar-refractivity contribution in [2.75, 3.05) is 0 Å². The first-order valence-electron chi connectivity index (χ1n) is 3.58. The first-order chi connectivity index (χ1) is 5.37. The Morgan fingerprint density at radius 1 is 0.583 bits per heavy atom. The van der Waals surface area contributed by atoms with E-state index in [1.807, 2.05) is 0 Å². The zero-order valence-corrected chi connectivity index (χ0v) is 17.6. The molecule has 0 aliphatic carbocycles. The molecular formula is C7H11I5. The lowest BCUT2D eigenvalue weighted by Gasteiger charge is -2.25. The zero-order chi connectivity index (χ0) is 9.89. The Morgan fingerprint density at radius 3 is 1.00 bits per heavy atom. The minimum Gasteiger partial charge on any atom is -0.0817 e. The van der Waals surface area contributed by atoms with Crippen molar-refractivity contribution in [3.8, 4) is 0 Å². The largest absolute Gasteiger partial charge is 0.0817 e. The van der Waals surface area contributed by atoms with E-state index in [-0.39, 0.29) is 0 Å². The second kappa shape index (κ2) is 7.85. The van der Waals surface area contributed by atoms with Gasteiger partial charge in [0.05, 0.1) is 0 Å². The monoisotopic (exact) mass is 730 g/mol. The van der Waals surface area contributed by atoms with Crippen LogP contribution in [0, 0.1) is 0 Å². The lowest BCUT2D eigenvalue weighted by atomic mass is 10.2. The van der Waals surface area contributed by atoms with Gasteiger partial charge >= 0.3 is 0 Å². The Bertz CT molecular complexity index is 111. The Morgan fingerprint density at radius 2 is 0.833 bits per heavy atom. The number of alkyl halides is 5. The van der Waals surface area contributed by atoms with Gasteiger partial charge in [0.15, 0.2) is 0 Å². The van der Waals surface area contributed by atoms with E-state index in [2.05, 4.69) is 127 Å². The van der Waals surface area contributed by atoms with Gasteiger partial charge in [-0.1, -0.05) is 127 Å². The predicted molar refractivity (Wildman–Crippen MR) is 100 cm³/mol. The number of rotatable bonds is 4. The fraction of sp³-hybridized carbons (Fsp3) is 1.00. The number of hydrogen-bond donors (Lipinski definition) is 0. The van der Waals surface area contributed by atoms with Crippen LogP contribution in [0.4, 0.5) is 0 Å². The van der Waals surface area contributed by atoms with Gasteiger partial charge in [-0.25, -0.2) is 0 Å². The minimum absolute atomic E-state index is 0.762. The molecule has 0 aliphatic heterocycles. The summed E-state index contributed by atoms with van der Waals surface area (Å²) in [7, 11) is 0. The van der Waals surface area contributed by atoms with Gasteiger partial charge in [0.25, 0.3) is 0 Å². The molecule has 0 aromatic rings. The molecule has 5 heteroatoms. The van der Waals surface area contributed by atoms with Crippen molar-refractivity contribution in [1.29, 1.82) is 0 Å². The molecule has 0 fully saturated rings. The van der Waals surface area contributed by atoms with Gasteiger partial charge in [-0.15, -0.1) is 0 Å². The molecule has 0 saturated carbocycles. The van der Waals surface area contributed by atoms with E-state index in [1.54, 1.807) is 0 Å². The highest BCUT2D eigenvalue weighted by Crippen LogP contribution is 2.33. The highest BCUT2D eigenvalue weighted by Gasteiger charge is 2.28. The van der Waals surface area contributed by atoms with E-state index in [0.717, 1.165) is 19.6 Å². The van der Waals surface area contributed by atoms with Gasteiger partial charge in [0, 0.05) is 19.6 Å². The van der Waals surface area contributed by atoms with Crippen LogP contribution in [0.3, 0.4) is 0 Å². The van der Waals surface area contributed by atoms with E-state index >= 15 is 0 Å². The van der Waals surface area contributed by atoms with Gasteiger partial charge in [-0.2, -0.15) is 0 Å². The second-order valence-electron chi connectivity index (χ2n) is 2.69. The van der Waals surface area contributed by atoms with E-state index in [4.69, 9.17) is 0 Å². The summed E-state index contributed by atoms with van der Waals surface area (Å²) in [5, 5.41) is 0. The molecule has 0 radical (unpaired) electrons. The standard InChI is InChI=1S/C7H11I5/c1-3(8)5(10)7(12)6(11)4(2)9/h3-7H,1-2H3. The lowest BCUT2D eigenvalue weighted by Crippen LogP contribution is -2.33. The van der Waals surface area contributed by atoms with Crippen LogP contribution >= 0.6 is 113 Å².